The third-order valence-electron chi connectivity index (χ3n) is 3.20. The Kier molecular flexibility index (Phi) is 4.50. The Morgan fingerprint density at radius 3 is 2.80 bits per heavy atom. The molecule has 0 radical (unpaired) electrons. The van der Waals surface area contributed by atoms with Gasteiger partial charge in [0.05, 0.1) is 0 Å². The van der Waals surface area contributed by atoms with Gasteiger partial charge in [-0.25, -0.2) is 4.39 Å². The lowest BCUT2D eigenvalue weighted by Gasteiger charge is -2.26. The van der Waals surface area contributed by atoms with Gasteiger partial charge in [0.15, 0.2) is 0 Å². The van der Waals surface area contributed by atoms with Crippen molar-refractivity contribution in [2.75, 3.05) is 19.6 Å². The highest BCUT2D eigenvalue weighted by atomic mass is 19.1. The van der Waals surface area contributed by atoms with E-state index in [1.165, 1.54) is 18.2 Å². The number of amides is 2. The lowest BCUT2D eigenvalue weighted by molar-refractivity contribution is -0.117. The van der Waals surface area contributed by atoms with Crippen molar-refractivity contribution in [3.63, 3.8) is 0 Å². The fraction of sp³-hybridized carbons (Fsp3) is 0.333. The van der Waals surface area contributed by atoms with Crippen molar-refractivity contribution in [2.24, 2.45) is 0 Å². The van der Waals surface area contributed by atoms with Crippen LogP contribution < -0.4 is 5.32 Å². The fourth-order valence-corrected chi connectivity index (χ4v) is 2.14. The van der Waals surface area contributed by atoms with Gasteiger partial charge in [0.2, 0.25) is 5.91 Å². The summed E-state index contributed by atoms with van der Waals surface area (Å²) in [4.78, 5) is 25.4. The van der Waals surface area contributed by atoms with Crippen molar-refractivity contribution in [3.8, 4) is 0 Å². The van der Waals surface area contributed by atoms with Crippen LogP contribution in [0.4, 0.5) is 4.39 Å². The third-order valence-corrected chi connectivity index (χ3v) is 3.20. The quantitative estimate of drug-likeness (QED) is 0.914. The topological polar surface area (TPSA) is 49.4 Å². The molecule has 0 aliphatic carbocycles. The number of carbonyl (C=O) groups is 2. The number of benzene rings is 1. The van der Waals surface area contributed by atoms with Crippen LogP contribution in [0, 0.1) is 5.82 Å². The molecule has 5 heteroatoms. The van der Waals surface area contributed by atoms with Crippen LogP contribution in [0.1, 0.15) is 23.7 Å². The number of hydrogen-bond donors (Lipinski definition) is 1. The van der Waals surface area contributed by atoms with E-state index in [2.05, 4.69) is 5.32 Å². The second-order valence-electron chi connectivity index (χ2n) is 4.60. The Morgan fingerprint density at radius 1 is 1.40 bits per heavy atom. The Balaban J connectivity index is 2.03. The van der Waals surface area contributed by atoms with E-state index < -0.39 is 5.82 Å². The summed E-state index contributed by atoms with van der Waals surface area (Å²) in [6, 6.07) is 5.64. The largest absolute Gasteiger partial charge is 0.353 e. The summed E-state index contributed by atoms with van der Waals surface area (Å²) in [5, 5.41) is 2.74. The Hall–Kier alpha value is -2.17. The average Bonchev–Trinajstić information content (AvgIpc) is 2.47. The van der Waals surface area contributed by atoms with Gasteiger partial charge in [-0.1, -0.05) is 12.1 Å². The average molecular weight is 276 g/mol. The standard InChI is InChI=1S/C15H17FN2O2/c1-2-17-14(19)11-6-8-18(9-7-11)15(20)12-4-3-5-13(16)10-12/h3-6,10H,2,7-9H2,1H3,(H,17,19). The summed E-state index contributed by atoms with van der Waals surface area (Å²) in [5.41, 5.74) is 1.04. The summed E-state index contributed by atoms with van der Waals surface area (Å²) < 4.78 is 13.1. The molecule has 1 aromatic rings. The molecule has 0 fully saturated rings. The highest BCUT2D eigenvalue weighted by molar-refractivity contribution is 5.96. The van der Waals surface area contributed by atoms with E-state index >= 15 is 0 Å². The van der Waals surface area contributed by atoms with Gasteiger partial charge < -0.3 is 10.2 Å². The molecule has 2 rings (SSSR count). The monoisotopic (exact) mass is 276 g/mol. The molecule has 4 nitrogen and oxygen atoms in total. The van der Waals surface area contributed by atoms with Crippen molar-refractivity contribution in [1.29, 1.82) is 0 Å². The zero-order valence-electron chi connectivity index (χ0n) is 11.4. The SMILES string of the molecule is CCNC(=O)C1=CCN(C(=O)c2cccc(F)c2)CC1. The summed E-state index contributed by atoms with van der Waals surface area (Å²) in [5.74, 6) is -0.715. The molecule has 1 aliphatic rings. The molecule has 106 valence electrons. The predicted molar refractivity (Wildman–Crippen MR) is 73.7 cm³/mol. The van der Waals surface area contributed by atoms with E-state index in [4.69, 9.17) is 0 Å². The van der Waals surface area contributed by atoms with Crippen molar-refractivity contribution >= 4 is 11.8 Å². The minimum absolute atomic E-state index is 0.0784. The first-order chi connectivity index (χ1) is 9.61. The van der Waals surface area contributed by atoms with Gasteiger partial charge in [0.1, 0.15) is 5.82 Å². The molecular formula is C15H17FN2O2. The molecule has 20 heavy (non-hydrogen) atoms. The predicted octanol–water partition coefficient (Wildman–Crippen LogP) is 1.73. The number of carbonyl (C=O) groups excluding carboxylic acids is 2. The van der Waals surface area contributed by atoms with E-state index in [0.29, 0.717) is 37.2 Å². The normalized spacial score (nSPS) is 14.7. The van der Waals surface area contributed by atoms with Crippen molar-refractivity contribution < 1.29 is 14.0 Å². The Labute approximate surface area is 117 Å². The van der Waals surface area contributed by atoms with E-state index in [0.717, 1.165) is 0 Å². The smallest absolute Gasteiger partial charge is 0.254 e. The molecular weight excluding hydrogens is 259 g/mol. The van der Waals surface area contributed by atoms with Gasteiger partial charge in [-0.2, -0.15) is 0 Å². The highest BCUT2D eigenvalue weighted by Crippen LogP contribution is 2.14. The maximum Gasteiger partial charge on any atom is 0.254 e. The summed E-state index contributed by atoms with van der Waals surface area (Å²) in [6.07, 6.45) is 2.28. The molecule has 1 aliphatic heterocycles. The van der Waals surface area contributed by atoms with Crippen LogP contribution in [0.15, 0.2) is 35.9 Å². The van der Waals surface area contributed by atoms with Gasteiger partial charge in [-0.15, -0.1) is 0 Å². The van der Waals surface area contributed by atoms with Crippen LogP contribution in [0.3, 0.4) is 0 Å². The van der Waals surface area contributed by atoms with E-state index in [9.17, 15) is 14.0 Å². The van der Waals surface area contributed by atoms with Gasteiger partial charge in [-0.3, -0.25) is 9.59 Å². The zero-order chi connectivity index (χ0) is 14.5. The van der Waals surface area contributed by atoms with Gasteiger partial charge in [-0.05, 0) is 31.5 Å². The molecule has 1 N–H and O–H groups in total. The van der Waals surface area contributed by atoms with Crippen LogP contribution >= 0.6 is 0 Å². The van der Waals surface area contributed by atoms with Crippen molar-refractivity contribution in [1.82, 2.24) is 10.2 Å². The molecule has 2 amide bonds. The third kappa shape index (κ3) is 3.23. The van der Waals surface area contributed by atoms with Gasteiger partial charge in [0.25, 0.3) is 5.91 Å². The molecule has 1 heterocycles. The number of nitrogens with one attached hydrogen (secondary N) is 1. The lowest BCUT2D eigenvalue weighted by Crippen LogP contribution is -2.37. The first-order valence-corrected chi connectivity index (χ1v) is 6.64. The molecule has 0 spiro atoms. The van der Waals surface area contributed by atoms with Crippen LogP contribution in [-0.2, 0) is 4.79 Å². The van der Waals surface area contributed by atoms with E-state index in [-0.39, 0.29) is 11.8 Å². The molecule has 0 aromatic heterocycles. The minimum atomic E-state index is -0.425. The van der Waals surface area contributed by atoms with Crippen LogP contribution in [0.25, 0.3) is 0 Å². The molecule has 0 atom stereocenters. The number of hydrogen-bond acceptors (Lipinski definition) is 2. The lowest BCUT2D eigenvalue weighted by atomic mass is 10.1. The second kappa shape index (κ2) is 6.32. The second-order valence-corrected chi connectivity index (χ2v) is 4.60. The molecule has 0 saturated heterocycles. The van der Waals surface area contributed by atoms with Crippen molar-refractivity contribution in [2.45, 2.75) is 13.3 Å². The number of rotatable bonds is 3. The maximum absolute atomic E-state index is 13.1. The number of halogens is 1. The zero-order valence-corrected chi connectivity index (χ0v) is 11.4. The first-order valence-electron chi connectivity index (χ1n) is 6.64. The molecule has 0 unspecified atom stereocenters. The Bertz CT molecular complexity index is 555. The van der Waals surface area contributed by atoms with Gasteiger partial charge >= 0.3 is 0 Å². The molecule has 1 aromatic carbocycles. The fourth-order valence-electron chi connectivity index (χ4n) is 2.14. The minimum Gasteiger partial charge on any atom is -0.353 e. The number of nitrogens with zero attached hydrogens (tertiary/aromatic N) is 1. The summed E-state index contributed by atoms with van der Waals surface area (Å²) in [7, 11) is 0. The highest BCUT2D eigenvalue weighted by Gasteiger charge is 2.21. The first kappa shape index (κ1) is 14.2. The van der Waals surface area contributed by atoms with E-state index in [1.54, 1.807) is 17.0 Å². The van der Waals surface area contributed by atoms with E-state index in [1.807, 2.05) is 6.92 Å². The summed E-state index contributed by atoms with van der Waals surface area (Å²) in [6.45, 7) is 3.29. The maximum atomic E-state index is 13.1. The number of likely N-dealkylation sites (N-methyl/N-ethyl adjacent to an activating group) is 1. The Morgan fingerprint density at radius 2 is 2.20 bits per heavy atom. The van der Waals surface area contributed by atoms with Crippen LogP contribution in [0.5, 0.6) is 0 Å². The van der Waals surface area contributed by atoms with Crippen LogP contribution in [-0.4, -0.2) is 36.3 Å². The van der Waals surface area contributed by atoms with Crippen molar-refractivity contribution in [3.05, 3.63) is 47.3 Å². The van der Waals surface area contributed by atoms with Crippen LogP contribution in [0.2, 0.25) is 0 Å². The molecule has 0 saturated carbocycles. The molecule has 0 bridgehead atoms. The summed E-state index contributed by atoms with van der Waals surface area (Å²) >= 11 is 0. The van der Waals surface area contributed by atoms with Gasteiger partial charge in [0, 0.05) is 30.8 Å².